The Balaban J connectivity index is 1.39. The predicted molar refractivity (Wildman–Crippen MR) is 103 cm³/mol. The van der Waals surface area contributed by atoms with Crippen molar-refractivity contribution in [3.63, 3.8) is 0 Å². The molecule has 0 spiro atoms. The maximum Gasteiger partial charge on any atom is 0.321 e. The summed E-state index contributed by atoms with van der Waals surface area (Å²) in [5.41, 5.74) is 4.09. The summed E-state index contributed by atoms with van der Waals surface area (Å²) in [5, 5.41) is 3.12. The first-order chi connectivity index (χ1) is 12.6. The number of carbonyl (C=O) groups excluding carboxylic acids is 1. The van der Waals surface area contributed by atoms with Gasteiger partial charge in [-0.3, -0.25) is 4.98 Å². The second kappa shape index (κ2) is 6.94. The van der Waals surface area contributed by atoms with Crippen LogP contribution in [0.15, 0.2) is 30.5 Å². The quantitative estimate of drug-likeness (QED) is 0.921. The lowest BCUT2D eigenvalue weighted by Crippen LogP contribution is -2.50. The van der Waals surface area contributed by atoms with Crippen LogP contribution in [0.1, 0.15) is 35.7 Å². The van der Waals surface area contributed by atoms with Crippen molar-refractivity contribution in [1.29, 1.82) is 0 Å². The van der Waals surface area contributed by atoms with Crippen LogP contribution in [0, 0.1) is 13.8 Å². The van der Waals surface area contributed by atoms with Crippen LogP contribution < -0.4 is 10.2 Å². The van der Waals surface area contributed by atoms with E-state index in [0.29, 0.717) is 19.0 Å². The standard InChI is InChI=1S/C20H25N5O/c1-14-13-21-15(2)19(22-14)24-9-11-25(12-10-24)20(26)23-18-6-4-3-5-17(18)16-7-8-16/h3-6,13,16H,7-12H2,1-2H3,(H,23,26). The number of urea groups is 1. The zero-order valence-corrected chi connectivity index (χ0v) is 15.4. The van der Waals surface area contributed by atoms with Gasteiger partial charge in [0.25, 0.3) is 0 Å². The van der Waals surface area contributed by atoms with E-state index < -0.39 is 0 Å². The van der Waals surface area contributed by atoms with Gasteiger partial charge in [0, 0.05) is 38.1 Å². The largest absolute Gasteiger partial charge is 0.352 e. The van der Waals surface area contributed by atoms with Gasteiger partial charge < -0.3 is 15.1 Å². The fraction of sp³-hybridized carbons (Fsp3) is 0.450. The Morgan fingerprint density at radius 3 is 2.58 bits per heavy atom. The summed E-state index contributed by atoms with van der Waals surface area (Å²) < 4.78 is 0. The average molecular weight is 351 g/mol. The second-order valence-electron chi connectivity index (χ2n) is 7.19. The first kappa shape index (κ1) is 16.8. The van der Waals surface area contributed by atoms with Gasteiger partial charge in [-0.1, -0.05) is 18.2 Å². The molecule has 1 aliphatic heterocycles. The van der Waals surface area contributed by atoms with E-state index in [-0.39, 0.29) is 6.03 Å². The van der Waals surface area contributed by atoms with Crippen molar-refractivity contribution >= 4 is 17.5 Å². The molecule has 1 aliphatic carbocycles. The van der Waals surface area contributed by atoms with Crippen LogP contribution in [-0.4, -0.2) is 47.1 Å². The van der Waals surface area contributed by atoms with Crippen molar-refractivity contribution in [3.8, 4) is 0 Å². The number of piperazine rings is 1. The first-order valence-corrected chi connectivity index (χ1v) is 9.32. The van der Waals surface area contributed by atoms with E-state index in [1.165, 1.54) is 18.4 Å². The summed E-state index contributed by atoms with van der Waals surface area (Å²) >= 11 is 0. The number of aromatic nitrogens is 2. The molecule has 0 unspecified atom stereocenters. The van der Waals surface area contributed by atoms with Gasteiger partial charge in [0.1, 0.15) is 5.82 Å². The van der Waals surface area contributed by atoms with Gasteiger partial charge >= 0.3 is 6.03 Å². The van der Waals surface area contributed by atoms with Crippen LogP contribution in [-0.2, 0) is 0 Å². The Hall–Kier alpha value is -2.63. The molecule has 6 nitrogen and oxygen atoms in total. The van der Waals surface area contributed by atoms with Gasteiger partial charge in [-0.05, 0) is 44.2 Å². The van der Waals surface area contributed by atoms with Crippen molar-refractivity contribution < 1.29 is 4.79 Å². The minimum Gasteiger partial charge on any atom is -0.352 e. The number of carbonyl (C=O) groups is 1. The van der Waals surface area contributed by atoms with Crippen LogP contribution in [0.5, 0.6) is 0 Å². The number of hydrogen-bond donors (Lipinski definition) is 1. The van der Waals surface area contributed by atoms with Crippen LogP contribution in [0.2, 0.25) is 0 Å². The summed E-state index contributed by atoms with van der Waals surface area (Å²) in [5.74, 6) is 1.55. The van der Waals surface area contributed by atoms with E-state index in [9.17, 15) is 4.79 Å². The van der Waals surface area contributed by atoms with Gasteiger partial charge in [0.05, 0.1) is 11.4 Å². The number of benzene rings is 1. The fourth-order valence-corrected chi connectivity index (χ4v) is 3.50. The second-order valence-corrected chi connectivity index (χ2v) is 7.19. The molecule has 26 heavy (non-hydrogen) atoms. The molecular weight excluding hydrogens is 326 g/mol. The highest BCUT2D eigenvalue weighted by Gasteiger charge is 2.28. The highest BCUT2D eigenvalue weighted by atomic mass is 16.2. The van der Waals surface area contributed by atoms with E-state index in [0.717, 1.165) is 36.0 Å². The van der Waals surface area contributed by atoms with Crippen molar-refractivity contribution in [3.05, 3.63) is 47.4 Å². The number of aryl methyl sites for hydroxylation is 2. The molecule has 2 amide bonds. The summed E-state index contributed by atoms with van der Waals surface area (Å²) in [6.07, 6.45) is 4.24. The van der Waals surface area contributed by atoms with E-state index in [2.05, 4.69) is 26.3 Å². The number of hydrogen-bond acceptors (Lipinski definition) is 4. The molecule has 1 N–H and O–H groups in total. The lowest BCUT2D eigenvalue weighted by atomic mass is 10.1. The Labute approximate surface area is 154 Å². The summed E-state index contributed by atoms with van der Waals surface area (Å²) in [6.45, 7) is 6.86. The van der Waals surface area contributed by atoms with Gasteiger partial charge in [-0.15, -0.1) is 0 Å². The first-order valence-electron chi connectivity index (χ1n) is 9.32. The lowest BCUT2D eigenvalue weighted by Gasteiger charge is -2.36. The smallest absolute Gasteiger partial charge is 0.321 e. The average Bonchev–Trinajstić information content (AvgIpc) is 3.49. The number of anilines is 2. The summed E-state index contributed by atoms with van der Waals surface area (Å²) in [4.78, 5) is 25.8. The minimum atomic E-state index is -0.00945. The number of amides is 2. The highest BCUT2D eigenvalue weighted by Crippen LogP contribution is 2.43. The third-order valence-electron chi connectivity index (χ3n) is 5.14. The van der Waals surface area contributed by atoms with Crippen LogP contribution in [0.4, 0.5) is 16.3 Å². The minimum absolute atomic E-state index is 0.00945. The Kier molecular flexibility index (Phi) is 4.49. The molecule has 4 rings (SSSR count). The third-order valence-corrected chi connectivity index (χ3v) is 5.14. The number of para-hydroxylation sites is 1. The Morgan fingerprint density at radius 1 is 1.12 bits per heavy atom. The molecule has 1 saturated carbocycles. The molecule has 2 aromatic rings. The summed E-state index contributed by atoms with van der Waals surface area (Å²) in [7, 11) is 0. The molecule has 2 aliphatic rings. The molecule has 1 aromatic carbocycles. The lowest BCUT2D eigenvalue weighted by molar-refractivity contribution is 0.208. The van der Waals surface area contributed by atoms with E-state index in [1.807, 2.05) is 36.9 Å². The van der Waals surface area contributed by atoms with E-state index >= 15 is 0 Å². The van der Waals surface area contributed by atoms with Crippen molar-refractivity contribution in [1.82, 2.24) is 14.9 Å². The van der Waals surface area contributed by atoms with E-state index in [1.54, 1.807) is 6.20 Å². The molecule has 0 bridgehead atoms. The molecule has 1 aromatic heterocycles. The van der Waals surface area contributed by atoms with Gasteiger partial charge in [0.2, 0.25) is 0 Å². The molecule has 136 valence electrons. The van der Waals surface area contributed by atoms with Gasteiger partial charge in [-0.2, -0.15) is 0 Å². The van der Waals surface area contributed by atoms with Crippen LogP contribution in [0.25, 0.3) is 0 Å². The van der Waals surface area contributed by atoms with E-state index in [4.69, 9.17) is 0 Å². The third kappa shape index (κ3) is 3.49. The number of rotatable bonds is 3. The molecule has 0 atom stereocenters. The molecule has 1 saturated heterocycles. The zero-order valence-electron chi connectivity index (χ0n) is 15.4. The monoisotopic (exact) mass is 351 g/mol. The summed E-state index contributed by atoms with van der Waals surface area (Å²) in [6, 6.07) is 8.16. The molecule has 2 fully saturated rings. The number of nitrogens with one attached hydrogen (secondary N) is 1. The molecular formula is C20H25N5O. The Morgan fingerprint density at radius 2 is 1.85 bits per heavy atom. The number of nitrogens with zero attached hydrogens (tertiary/aromatic N) is 4. The SMILES string of the molecule is Cc1cnc(C)c(N2CCN(C(=O)Nc3ccccc3C3CC3)CC2)n1. The van der Waals surface area contributed by atoms with Crippen LogP contribution >= 0.6 is 0 Å². The van der Waals surface area contributed by atoms with Crippen molar-refractivity contribution in [2.45, 2.75) is 32.6 Å². The maximum atomic E-state index is 12.7. The topological polar surface area (TPSA) is 61.4 Å². The zero-order chi connectivity index (χ0) is 18.1. The van der Waals surface area contributed by atoms with Crippen molar-refractivity contribution in [2.75, 3.05) is 36.4 Å². The maximum absolute atomic E-state index is 12.7. The van der Waals surface area contributed by atoms with Crippen LogP contribution in [0.3, 0.4) is 0 Å². The highest BCUT2D eigenvalue weighted by molar-refractivity contribution is 5.90. The Bertz CT molecular complexity index is 810. The molecule has 6 heteroatoms. The molecule has 2 heterocycles. The van der Waals surface area contributed by atoms with Gasteiger partial charge in [-0.25, -0.2) is 9.78 Å². The normalized spacial score (nSPS) is 17.3. The fourth-order valence-electron chi connectivity index (χ4n) is 3.50. The predicted octanol–water partition coefficient (Wildman–Crippen LogP) is 3.32. The van der Waals surface area contributed by atoms with Crippen molar-refractivity contribution in [2.24, 2.45) is 0 Å². The van der Waals surface area contributed by atoms with Gasteiger partial charge in [0.15, 0.2) is 0 Å². The molecule has 0 radical (unpaired) electrons.